The zero-order valence-corrected chi connectivity index (χ0v) is 14.6. The van der Waals surface area contributed by atoms with E-state index in [9.17, 15) is 19.7 Å². The van der Waals surface area contributed by atoms with E-state index in [1.54, 1.807) is 54.6 Å². The maximum absolute atomic E-state index is 13.3. The van der Waals surface area contributed by atoms with Crippen LogP contribution in [0.5, 0.6) is 0 Å². The second-order valence-corrected chi connectivity index (χ2v) is 6.25. The van der Waals surface area contributed by atoms with Crippen LogP contribution in [0.3, 0.4) is 0 Å². The molecule has 0 saturated carbocycles. The van der Waals surface area contributed by atoms with Crippen LogP contribution < -0.4 is 5.43 Å². The summed E-state index contributed by atoms with van der Waals surface area (Å²) in [6, 6.07) is 21.4. The van der Waals surface area contributed by atoms with Crippen molar-refractivity contribution in [2.24, 2.45) is 0 Å². The van der Waals surface area contributed by atoms with Gasteiger partial charge in [-0.15, -0.1) is 0 Å². The lowest BCUT2D eigenvalue weighted by molar-refractivity contribution is -0.384. The number of ketones is 1. The number of non-ortho nitro benzene ring substituents is 1. The number of hydrogen-bond acceptors (Lipinski definition) is 4. The van der Waals surface area contributed by atoms with Crippen LogP contribution in [0.25, 0.3) is 22.0 Å². The van der Waals surface area contributed by atoms with E-state index in [2.05, 4.69) is 4.98 Å². The number of fused-ring (bicyclic) bond motifs is 1. The van der Waals surface area contributed by atoms with Crippen LogP contribution >= 0.6 is 0 Å². The van der Waals surface area contributed by atoms with E-state index < -0.39 is 10.4 Å². The lowest BCUT2D eigenvalue weighted by Crippen LogP contribution is -2.16. The van der Waals surface area contributed by atoms with Gasteiger partial charge in [-0.1, -0.05) is 60.7 Å². The molecule has 0 spiro atoms. The molecular weight excluding hydrogens is 356 g/mol. The highest BCUT2D eigenvalue weighted by molar-refractivity contribution is 6.12. The van der Waals surface area contributed by atoms with Crippen LogP contribution in [0.1, 0.15) is 16.1 Å². The predicted octanol–water partition coefficient (Wildman–Crippen LogP) is 4.33. The summed E-state index contributed by atoms with van der Waals surface area (Å²) in [6.07, 6.45) is 0. The standard InChI is InChI=1S/C22H14N2O4/c25-21(15-9-5-2-6-10-15)20-19(14-7-3-1-4-8-14)22(26)17-13-16(24(27)28)11-12-18(17)23-20/h1-13H,(H,23,26). The minimum absolute atomic E-state index is 0.156. The number of rotatable bonds is 4. The number of carbonyl (C=O) groups is 1. The second-order valence-electron chi connectivity index (χ2n) is 6.25. The predicted molar refractivity (Wildman–Crippen MR) is 107 cm³/mol. The molecule has 0 unspecified atom stereocenters. The Hall–Kier alpha value is -4.06. The molecule has 1 aromatic heterocycles. The SMILES string of the molecule is O=C(c1ccccc1)c1[nH]c2ccc([N+](=O)[O-])cc2c(=O)c1-c1ccccc1. The van der Waals surface area contributed by atoms with E-state index in [1.807, 2.05) is 6.07 Å². The monoisotopic (exact) mass is 370 g/mol. The highest BCUT2D eigenvalue weighted by Gasteiger charge is 2.21. The first kappa shape index (κ1) is 17.4. The summed E-state index contributed by atoms with van der Waals surface area (Å²) >= 11 is 0. The van der Waals surface area contributed by atoms with Gasteiger partial charge < -0.3 is 4.98 Å². The Morgan fingerprint density at radius 1 is 0.893 bits per heavy atom. The minimum Gasteiger partial charge on any atom is -0.351 e. The summed E-state index contributed by atoms with van der Waals surface area (Å²) in [5.41, 5.74) is 1.12. The molecule has 6 heteroatoms. The zero-order valence-electron chi connectivity index (χ0n) is 14.6. The molecule has 136 valence electrons. The highest BCUT2D eigenvalue weighted by Crippen LogP contribution is 2.26. The van der Waals surface area contributed by atoms with Gasteiger partial charge >= 0.3 is 0 Å². The largest absolute Gasteiger partial charge is 0.351 e. The van der Waals surface area contributed by atoms with Gasteiger partial charge in [-0.2, -0.15) is 0 Å². The van der Waals surface area contributed by atoms with E-state index in [0.29, 0.717) is 16.6 Å². The van der Waals surface area contributed by atoms with Gasteiger partial charge in [-0.3, -0.25) is 19.7 Å². The molecule has 0 saturated heterocycles. The first-order valence-electron chi connectivity index (χ1n) is 8.56. The molecule has 0 amide bonds. The van der Waals surface area contributed by atoms with Crippen molar-refractivity contribution in [3.63, 3.8) is 0 Å². The number of nitro groups is 1. The molecule has 4 aromatic rings. The summed E-state index contributed by atoms with van der Waals surface area (Å²) in [7, 11) is 0. The van der Waals surface area contributed by atoms with E-state index >= 15 is 0 Å². The summed E-state index contributed by atoms with van der Waals surface area (Å²) < 4.78 is 0. The van der Waals surface area contributed by atoms with Gasteiger partial charge in [0.15, 0.2) is 5.43 Å². The van der Waals surface area contributed by atoms with Crippen molar-refractivity contribution >= 4 is 22.4 Å². The summed E-state index contributed by atoms with van der Waals surface area (Å²) in [5, 5.41) is 11.3. The van der Waals surface area contributed by atoms with E-state index in [-0.39, 0.29) is 28.1 Å². The number of nitrogens with one attached hydrogen (secondary N) is 1. The zero-order chi connectivity index (χ0) is 19.7. The van der Waals surface area contributed by atoms with Crippen LogP contribution in [0.2, 0.25) is 0 Å². The molecule has 0 atom stereocenters. The number of nitrogens with zero attached hydrogens (tertiary/aromatic N) is 1. The van der Waals surface area contributed by atoms with Gasteiger partial charge in [0.05, 0.1) is 27.1 Å². The topological polar surface area (TPSA) is 93.1 Å². The van der Waals surface area contributed by atoms with Crippen LogP contribution in [0.15, 0.2) is 83.7 Å². The Bertz CT molecular complexity index is 1260. The van der Waals surface area contributed by atoms with E-state index in [0.717, 1.165) is 0 Å². The first-order chi connectivity index (χ1) is 13.6. The molecule has 28 heavy (non-hydrogen) atoms. The van der Waals surface area contributed by atoms with Crippen molar-refractivity contribution in [1.29, 1.82) is 0 Å². The third-order valence-electron chi connectivity index (χ3n) is 4.52. The number of nitro benzene ring substituents is 1. The van der Waals surface area contributed by atoms with Gasteiger partial charge in [0.25, 0.3) is 5.69 Å². The molecule has 0 fully saturated rings. The maximum atomic E-state index is 13.3. The van der Waals surface area contributed by atoms with Gasteiger partial charge in [0.2, 0.25) is 5.78 Å². The summed E-state index contributed by atoms with van der Waals surface area (Å²) in [4.78, 5) is 40.0. The van der Waals surface area contributed by atoms with Crippen molar-refractivity contribution < 1.29 is 9.72 Å². The lowest BCUT2D eigenvalue weighted by atomic mass is 9.96. The molecule has 0 radical (unpaired) electrons. The Balaban J connectivity index is 2.06. The Morgan fingerprint density at radius 2 is 1.54 bits per heavy atom. The molecule has 6 nitrogen and oxygen atoms in total. The molecular formula is C22H14N2O4. The molecule has 0 aliphatic carbocycles. The van der Waals surface area contributed by atoms with Crippen LogP contribution in [0, 0.1) is 10.1 Å². The number of benzene rings is 3. The Labute approximate surface area is 159 Å². The third kappa shape index (κ3) is 2.97. The van der Waals surface area contributed by atoms with Crippen LogP contribution in [-0.4, -0.2) is 15.7 Å². The number of aromatic nitrogens is 1. The molecule has 0 bridgehead atoms. The molecule has 3 aromatic carbocycles. The Kier molecular flexibility index (Phi) is 4.29. The van der Waals surface area contributed by atoms with E-state index in [1.165, 1.54) is 18.2 Å². The number of aromatic amines is 1. The van der Waals surface area contributed by atoms with Crippen LogP contribution in [-0.2, 0) is 0 Å². The maximum Gasteiger partial charge on any atom is 0.270 e. The molecule has 0 aliphatic rings. The molecule has 0 aliphatic heterocycles. The lowest BCUT2D eigenvalue weighted by Gasteiger charge is -2.11. The van der Waals surface area contributed by atoms with Crippen molar-refractivity contribution in [2.75, 3.05) is 0 Å². The fraction of sp³-hybridized carbons (Fsp3) is 0. The Morgan fingerprint density at radius 3 is 2.18 bits per heavy atom. The van der Waals surface area contributed by atoms with Gasteiger partial charge in [-0.25, -0.2) is 0 Å². The normalized spacial score (nSPS) is 10.7. The van der Waals surface area contributed by atoms with Crippen molar-refractivity contribution in [2.45, 2.75) is 0 Å². The van der Waals surface area contributed by atoms with Crippen molar-refractivity contribution in [1.82, 2.24) is 4.98 Å². The average Bonchev–Trinajstić information content (AvgIpc) is 2.74. The van der Waals surface area contributed by atoms with E-state index in [4.69, 9.17) is 0 Å². The van der Waals surface area contributed by atoms with Gasteiger partial charge in [0.1, 0.15) is 0 Å². The fourth-order valence-corrected chi connectivity index (χ4v) is 3.17. The van der Waals surface area contributed by atoms with Crippen molar-refractivity contribution in [3.8, 4) is 11.1 Å². The van der Waals surface area contributed by atoms with Gasteiger partial charge in [0, 0.05) is 17.7 Å². The first-order valence-corrected chi connectivity index (χ1v) is 8.56. The number of pyridine rings is 1. The number of carbonyl (C=O) groups excluding carboxylic acids is 1. The quantitative estimate of drug-likeness (QED) is 0.329. The number of H-pyrrole nitrogens is 1. The van der Waals surface area contributed by atoms with Crippen LogP contribution in [0.4, 0.5) is 5.69 Å². The minimum atomic E-state index is -0.551. The molecule has 1 N–H and O–H groups in total. The average molecular weight is 370 g/mol. The summed E-state index contributed by atoms with van der Waals surface area (Å²) in [6.45, 7) is 0. The van der Waals surface area contributed by atoms with Gasteiger partial charge in [-0.05, 0) is 11.6 Å². The number of hydrogen-bond donors (Lipinski definition) is 1. The third-order valence-corrected chi connectivity index (χ3v) is 4.52. The molecule has 1 heterocycles. The van der Waals surface area contributed by atoms with Crippen molar-refractivity contribution in [3.05, 3.63) is 110 Å². The fourth-order valence-electron chi connectivity index (χ4n) is 3.17. The highest BCUT2D eigenvalue weighted by atomic mass is 16.6. The summed E-state index contributed by atoms with van der Waals surface area (Å²) in [5.74, 6) is -0.322. The molecule has 4 rings (SSSR count). The second kappa shape index (κ2) is 6.92. The smallest absolute Gasteiger partial charge is 0.270 e.